The molecule has 78 valence electrons. The smallest absolute Gasteiger partial charge is 0.285 e. The first kappa shape index (κ1) is 9.45. The summed E-state index contributed by atoms with van der Waals surface area (Å²) in [5, 5.41) is 20.2. The zero-order chi connectivity index (χ0) is 10.8. The summed E-state index contributed by atoms with van der Waals surface area (Å²) in [7, 11) is 0. The molecule has 2 rings (SSSR count). The maximum atomic E-state index is 10.7. The lowest BCUT2D eigenvalue weighted by molar-refractivity contribution is -0.385. The number of aromatic hydroxyl groups is 1. The highest BCUT2D eigenvalue weighted by Gasteiger charge is 2.25. The van der Waals surface area contributed by atoms with Gasteiger partial charge in [-0.15, -0.1) is 0 Å². The second-order valence-electron chi connectivity index (χ2n) is 2.96. The molecule has 0 spiro atoms. The number of hydrogen-bond donors (Lipinski definition) is 1. The summed E-state index contributed by atoms with van der Waals surface area (Å²) >= 11 is 0. The van der Waals surface area contributed by atoms with Gasteiger partial charge >= 0.3 is 0 Å². The minimum Gasteiger partial charge on any atom is -0.507 e. The van der Waals surface area contributed by atoms with Crippen molar-refractivity contribution in [3.63, 3.8) is 0 Å². The normalized spacial score (nSPS) is 14.5. The van der Waals surface area contributed by atoms with E-state index in [9.17, 15) is 15.2 Å². The van der Waals surface area contributed by atoms with E-state index in [-0.39, 0.29) is 22.9 Å². The van der Waals surface area contributed by atoms with Gasteiger partial charge in [0.1, 0.15) is 12.4 Å². The largest absolute Gasteiger partial charge is 0.507 e. The summed E-state index contributed by atoms with van der Waals surface area (Å²) in [6.07, 6.45) is 0. The van der Waals surface area contributed by atoms with E-state index < -0.39 is 4.92 Å². The highest BCUT2D eigenvalue weighted by atomic mass is 16.6. The highest BCUT2D eigenvalue weighted by molar-refractivity contribution is 6.01. The number of nitro benzene ring substituents is 1. The van der Waals surface area contributed by atoms with Gasteiger partial charge in [-0.1, -0.05) is 6.07 Å². The molecule has 6 heteroatoms. The van der Waals surface area contributed by atoms with Crippen molar-refractivity contribution in [3.05, 3.63) is 33.9 Å². The van der Waals surface area contributed by atoms with Crippen LogP contribution in [0.5, 0.6) is 5.75 Å². The molecule has 0 fully saturated rings. The Kier molecular flexibility index (Phi) is 2.24. The summed E-state index contributed by atoms with van der Waals surface area (Å²) in [5.74, 6) is -0.0512. The summed E-state index contributed by atoms with van der Waals surface area (Å²) in [5.41, 5.74) is -0.143. The van der Waals surface area contributed by atoms with Crippen molar-refractivity contribution < 1.29 is 14.8 Å². The van der Waals surface area contributed by atoms with Gasteiger partial charge in [0.05, 0.1) is 11.5 Å². The van der Waals surface area contributed by atoms with Crippen LogP contribution in [0.4, 0.5) is 5.69 Å². The molecule has 0 radical (unpaired) electrons. The Morgan fingerprint density at radius 1 is 1.53 bits per heavy atom. The van der Waals surface area contributed by atoms with Crippen LogP contribution in [-0.2, 0) is 4.74 Å². The molecule has 0 atom stereocenters. The van der Waals surface area contributed by atoms with Crippen LogP contribution in [0, 0.1) is 10.1 Å². The van der Waals surface area contributed by atoms with Gasteiger partial charge in [-0.25, -0.2) is 4.99 Å². The van der Waals surface area contributed by atoms with Crippen molar-refractivity contribution in [1.82, 2.24) is 0 Å². The Morgan fingerprint density at radius 2 is 2.33 bits per heavy atom. The van der Waals surface area contributed by atoms with Gasteiger partial charge in [-0.3, -0.25) is 10.1 Å². The third-order valence-corrected chi connectivity index (χ3v) is 2.02. The van der Waals surface area contributed by atoms with Crippen LogP contribution < -0.4 is 0 Å². The Morgan fingerprint density at radius 3 is 2.93 bits per heavy atom. The predicted octanol–water partition coefficient (Wildman–Crippen LogP) is 1.08. The molecule has 1 aromatic rings. The lowest BCUT2D eigenvalue weighted by Gasteiger charge is -2.04. The number of nitrogens with zero attached hydrogens (tertiary/aromatic N) is 2. The second kappa shape index (κ2) is 3.56. The van der Waals surface area contributed by atoms with E-state index in [4.69, 9.17) is 4.74 Å². The standard InChI is InChI=1S/C9H8N2O4/c12-7-3-1-2-6(11(13)14)8(7)9-10-4-5-15-9/h1-3,12H,4-5H2. The lowest BCUT2D eigenvalue weighted by Crippen LogP contribution is -2.05. The lowest BCUT2D eigenvalue weighted by atomic mass is 10.1. The number of aliphatic imine (C=N–C) groups is 1. The molecule has 1 aliphatic heterocycles. The van der Waals surface area contributed by atoms with Crippen LogP contribution in [0.15, 0.2) is 23.2 Å². The summed E-state index contributed by atoms with van der Waals surface area (Å²) < 4.78 is 5.10. The van der Waals surface area contributed by atoms with Crippen LogP contribution in [0.2, 0.25) is 0 Å². The number of phenols is 1. The van der Waals surface area contributed by atoms with Gasteiger partial charge in [0, 0.05) is 6.07 Å². The van der Waals surface area contributed by atoms with Crippen LogP contribution in [0.1, 0.15) is 5.56 Å². The van der Waals surface area contributed by atoms with E-state index in [2.05, 4.69) is 4.99 Å². The molecule has 0 aliphatic carbocycles. The molecule has 0 aromatic heterocycles. The van der Waals surface area contributed by atoms with Crippen molar-refractivity contribution in [2.75, 3.05) is 13.2 Å². The van der Waals surface area contributed by atoms with E-state index in [0.717, 1.165) is 0 Å². The summed E-state index contributed by atoms with van der Waals surface area (Å²) in [6.45, 7) is 0.849. The Labute approximate surface area is 85.0 Å². The number of benzene rings is 1. The first-order valence-corrected chi connectivity index (χ1v) is 4.34. The molecule has 0 amide bonds. The molecule has 1 heterocycles. The summed E-state index contributed by atoms with van der Waals surface area (Å²) in [6, 6.07) is 4.08. The van der Waals surface area contributed by atoms with Crippen molar-refractivity contribution in [3.8, 4) is 5.75 Å². The minimum absolute atomic E-state index is 0.0556. The molecule has 6 nitrogen and oxygen atoms in total. The Hall–Kier alpha value is -2.11. The molecule has 0 bridgehead atoms. The van der Waals surface area contributed by atoms with E-state index in [1.54, 1.807) is 0 Å². The fourth-order valence-electron chi connectivity index (χ4n) is 1.39. The molecule has 1 N–H and O–H groups in total. The molecular formula is C9H8N2O4. The van der Waals surface area contributed by atoms with Crippen LogP contribution in [0.3, 0.4) is 0 Å². The topological polar surface area (TPSA) is 85.0 Å². The van der Waals surface area contributed by atoms with Crippen molar-refractivity contribution in [1.29, 1.82) is 0 Å². The Bertz CT molecular complexity index is 442. The number of ether oxygens (including phenoxy) is 1. The number of nitro groups is 1. The first-order chi connectivity index (χ1) is 7.20. The van der Waals surface area contributed by atoms with Gasteiger partial charge in [-0.2, -0.15) is 0 Å². The van der Waals surface area contributed by atoms with Crippen molar-refractivity contribution in [2.45, 2.75) is 0 Å². The van der Waals surface area contributed by atoms with E-state index in [1.807, 2.05) is 0 Å². The van der Waals surface area contributed by atoms with Gasteiger partial charge in [-0.05, 0) is 6.07 Å². The summed E-state index contributed by atoms with van der Waals surface area (Å²) in [4.78, 5) is 14.1. The molecule has 0 saturated heterocycles. The molecule has 0 saturated carbocycles. The van der Waals surface area contributed by atoms with E-state index in [1.165, 1.54) is 18.2 Å². The molecule has 0 unspecified atom stereocenters. The van der Waals surface area contributed by atoms with Crippen LogP contribution in [-0.4, -0.2) is 29.1 Å². The third-order valence-electron chi connectivity index (χ3n) is 2.02. The van der Waals surface area contributed by atoms with Crippen molar-refractivity contribution >= 4 is 11.6 Å². The first-order valence-electron chi connectivity index (χ1n) is 4.34. The Balaban J connectivity index is 2.56. The average Bonchev–Trinajstić information content (AvgIpc) is 2.70. The SMILES string of the molecule is O=[N+]([O-])c1cccc(O)c1C1=NCCO1. The monoisotopic (exact) mass is 208 g/mol. The van der Waals surface area contributed by atoms with Crippen molar-refractivity contribution in [2.24, 2.45) is 4.99 Å². The fraction of sp³-hybridized carbons (Fsp3) is 0.222. The minimum atomic E-state index is -0.570. The molecule has 15 heavy (non-hydrogen) atoms. The van der Waals surface area contributed by atoms with E-state index in [0.29, 0.717) is 13.2 Å². The number of phenolic OH excluding ortho intramolecular Hbond substituents is 1. The maximum Gasteiger partial charge on any atom is 0.285 e. The van der Waals surface area contributed by atoms with Gasteiger partial charge in [0.2, 0.25) is 5.90 Å². The van der Waals surface area contributed by atoms with Crippen LogP contribution in [0.25, 0.3) is 0 Å². The second-order valence-corrected chi connectivity index (χ2v) is 2.96. The van der Waals surface area contributed by atoms with Gasteiger partial charge < -0.3 is 9.84 Å². The molecule has 1 aromatic carbocycles. The number of hydrogen-bond acceptors (Lipinski definition) is 5. The van der Waals surface area contributed by atoms with Gasteiger partial charge in [0.15, 0.2) is 5.56 Å². The average molecular weight is 208 g/mol. The fourth-order valence-corrected chi connectivity index (χ4v) is 1.39. The van der Waals surface area contributed by atoms with Gasteiger partial charge in [0.25, 0.3) is 5.69 Å². The molecular weight excluding hydrogens is 200 g/mol. The number of rotatable bonds is 2. The third kappa shape index (κ3) is 1.61. The quantitative estimate of drug-likeness (QED) is 0.582. The highest BCUT2D eigenvalue weighted by Crippen LogP contribution is 2.29. The zero-order valence-electron chi connectivity index (χ0n) is 7.71. The van der Waals surface area contributed by atoms with Crippen LogP contribution >= 0.6 is 0 Å². The predicted molar refractivity (Wildman–Crippen MR) is 52.1 cm³/mol. The molecule has 1 aliphatic rings. The van der Waals surface area contributed by atoms with E-state index >= 15 is 0 Å². The maximum absolute atomic E-state index is 10.7. The zero-order valence-corrected chi connectivity index (χ0v) is 7.71.